The van der Waals surface area contributed by atoms with Crippen molar-refractivity contribution in [2.75, 3.05) is 0 Å². The highest BCUT2D eigenvalue weighted by molar-refractivity contribution is 7.12. The predicted molar refractivity (Wildman–Crippen MR) is 58.5 cm³/mol. The highest BCUT2D eigenvalue weighted by Crippen LogP contribution is 2.27. The Kier molecular flexibility index (Phi) is 2.44. The van der Waals surface area contributed by atoms with Gasteiger partial charge in [-0.25, -0.2) is 0 Å². The summed E-state index contributed by atoms with van der Waals surface area (Å²) in [6.07, 6.45) is 1.45. The molecule has 0 aliphatic carbocycles. The Morgan fingerprint density at radius 2 is 2.14 bits per heavy atom. The molecule has 2 aromatic heterocycles. The van der Waals surface area contributed by atoms with Crippen LogP contribution in [0.15, 0.2) is 30.5 Å². The van der Waals surface area contributed by atoms with Crippen LogP contribution in [0.25, 0.3) is 0 Å². The molecule has 1 unspecified atom stereocenters. The van der Waals surface area contributed by atoms with E-state index in [0.29, 0.717) is 0 Å². The molecule has 0 aromatic carbocycles. The van der Waals surface area contributed by atoms with Crippen molar-refractivity contribution in [1.29, 1.82) is 0 Å². The van der Waals surface area contributed by atoms with Crippen LogP contribution in [0.4, 0.5) is 0 Å². The van der Waals surface area contributed by atoms with Crippen molar-refractivity contribution in [2.24, 2.45) is 7.05 Å². The molecule has 1 atom stereocenters. The van der Waals surface area contributed by atoms with Crippen LogP contribution in [0.5, 0.6) is 0 Å². The molecule has 0 saturated carbocycles. The van der Waals surface area contributed by atoms with E-state index in [2.05, 4.69) is 0 Å². The zero-order valence-electron chi connectivity index (χ0n) is 8.27. The Balaban J connectivity index is 2.33. The van der Waals surface area contributed by atoms with Gasteiger partial charge in [0.1, 0.15) is 6.10 Å². The number of aliphatic hydroxyl groups excluding tert-OH is 1. The molecule has 1 N–H and O–H groups in total. The van der Waals surface area contributed by atoms with Gasteiger partial charge in [-0.1, -0.05) is 0 Å². The van der Waals surface area contributed by atoms with Crippen LogP contribution < -0.4 is 0 Å². The molecule has 74 valence electrons. The van der Waals surface area contributed by atoms with E-state index in [0.717, 1.165) is 10.6 Å². The lowest BCUT2D eigenvalue weighted by Gasteiger charge is -2.09. The van der Waals surface area contributed by atoms with Gasteiger partial charge in [-0.2, -0.15) is 0 Å². The molecule has 2 aromatic rings. The van der Waals surface area contributed by atoms with Gasteiger partial charge in [0.2, 0.25) is 0 Å². The van der Waals surface area contributed by atoms with Crippen molar-refractivity contribution in [3.8, 4) is 0 Å². The first-order valence-electron chi connectivity index (χ1n) is 4.54. The number of rotatable bonds is 2. The molecule has 0 bridgehead atoms. The van der Waals surface area contributed by atoms with E-state index in [9.17, 15) is 5.11 Å². The van der Waals surface area contributed by atoms with Gasteiger partial charge in [0, 0.05) is 23.0 Å². The molecule has 2 rings (SSSR count). The van der Waals surface area contributed by atoms with E-state index in [1.165, 1.54) is 4.88 Å². The molecule has 0 radical (unpaired) electrons. The van der Waals surface area contributed by atoms with E-state index in [4.69, 9.17) is 0 Å². The van der Waals surface area contributed by atoms with Crippen LogP contribution in [0.3, 0.4) is 0 Å². The molecule has 0 spiro atoms. The molecule has 3 heteroatoms. The summed E-state index contributed by atoms with van der Waals surface area (Å²) in [6, 6.07) is 7.91. The number of hydrogen-bond donors (Lipinski definition) is 1. The number of aryl methyl sites for hydroxylation is 2. The summed E-state index contributed by atoms with van der Waals surface area (Å²) in [7, 11) is 1.94. The predicted octanol–water partition coefficient (Wildman–Crippen LogP) is 2.48. The van der Waals surface area contributed by atoms with E-state index in [1.807, 2.05) is 49.0 Å². The highest BCUT2D eigenvalue weighted by Gasteiger charge is 2.14. The average Bonchev–Trinajstić information content (AvgIpc) is 2.73. The van der Waals surface area contributed by atoms with Gasteiger partial charge >= 0.3 is 0 Å². The van der Waals surface area contributed by atoms with E-state index >= 15 is 0 Å². The van der Waals surface area contributed by atoms with Gasteiger partial charge in [-0.3, -0.25) is 0 Å². The van der Waals surface area contributed by atoms with Gasteiger partial charge < -0.3 is 9.67 Å². The van der Waals surface area contributed by atoms with Crippen molar-refractivity contribution in [3.05, 3.63) is 45.9 Å². The van der Waals surface area contributed by atoms with Gasteiger partial charge in [-0.05, 0) is 31.2 Å². The second-order valence-electron chi connectivity index (χ2n) is 3.39. The van der Waals surface area contributed by atoms with Crippen LogP contribution >= 0.6 is 11.3 Å². The largest absolute Gasteiger partial charge is 0.381 e. The lowest BCUT2D eigenvalue weighted by atomic mass is 10.2. The summed E-state index contributed by atoms with van der Waals surface area (Å²) in [6.45, 7) is 2.05. The van der Waals surface area contributed by atoms with Crippen LogP contribution in [0, 0.1) is 6.92 Å². The molecular weight excluding hydrogens is 194 g/mol. The van der Waals surface area contributed by atoms with Gasteiger partial charge in [-0.15, -0.1) is 11.3 Å². The number of aliphatic hydroxyl groups is 1. The number of hydrogen-bond acceptors (Lipinski definition) is 2. The summed E-state index contributed by atoms with van der Waals surface area (Å²) in [5.41, 5.74) is 0.937. The fourth-order valence-electron chi connectivity index (χ4n) is 1.50. The minimum absolute atomic E-state index is 0.492. The van der Waals surface area contributed by atoms with Gasteiger partial charge in [0.25, 0.3) is 0 Å². The van der Waals surface area contributed by atoms with Crippen LogP contribution in [0.1, 0.15) is 21.6 Å². The molecule has 0 saturated heterocycles. The maximum Gasteiger partial charge on any atom is 0.128 e. The zero-order valence-corrected chi connectivity index (χ0v) is 9.08. The van der Waals surface area contributed by atoms with Crippen LogP contribution in [-0.2, 0) is 7.05 Å². The Hall–Kier alpha value is -1.06. The van der Waals surface area contributed by atoms with E-state index < -0.39 is 6.10 Å². The number of thiophene rings is 1. The Morgan fingerprint density at radius 3 is 2.64 bits per heavy atom. The van der Waals surface area contributed by atoms with Crippen molar-refractivity contribution >= 4 is 11.3 Å². The fraction of sp³-hybridized carbons (Fsp3) is 0.273. The van der Waals surface area contributed by atoms with Crippen LogP contribution in [0.2, 0.25) is 0 Å². The molecule has 2 nitrogen and oxygen atoms in total. The van der Waals surface area contributed by atoms with Crippen molar-refractivity contribution in [3.63, 3.8) is 0 Å². The summed E-state index contributed by atoms with van der Waals surface area (Å²) in [5, 5.41) is 10.1. The first-order valence-corrected chi connectivity index (χ1v) is 5.36. The average molecular weight is 207 g/mol. The Labute approximate surface area is 87.4 Å². The third-order valence-corrected chi connectivity index (χ3v) is 3.35. The SMILES string of the molecule is Cc1ccc(C(O)c2cccn2C)s1. The first-order chi connectivity index (χ1) is 6.68. The minimum atomic E-state index is -0.492. The monoisotopic (exact) mass is 207 g/mol. The lowest BCUT2D eigenvalue weighted by Crippen LogP contribution is -2.02. The molecule has 0 fully saturated rings. The number of nitrogens with zero attached hydrogens (tertiary/aromatic N) is 1. The minimum Gasteiger partial charge on any atom is -0.381 e. The fourth-order valence-corrected chi connectivity index (χ4v) is 2.38. The summed E-state index contributed by atoms with van der Waals surface area (Å²) in [4.78, 5) is 2.23. The van der Waals surface area contributed by atoms with Crippen molar-refractivity contribution in [2.45, 2.75) is 13.0 Å². The molecule has 2 heterocycles. The smallest absolute Gasteiger partial charge is 0.128 e. The van der Waals surface area contributed by atoms with Crippen LogP contribution in [-0.4, -0.2) is 9.67 Å². The zero-order chi connectivity index (χ0) is 10.1. The molecular formula is C11H13NOS. The molecule has 0 amide bonds. The highest BCUT2D eigenvalue weighted by atomic mass is 32.1. The summed E-state index contributed by atoms with van der Waals surface area (Å²) < 4.78 is 1.94. The Bertz CT molecular complexity index is 430. The van der Waals surface area contributed by atoms with Crippen molar-refractivity contribution < 1.29 is 5.11 Å². The van der Waals surface area contributed by atoms with Gasteiger partial charge in [0.15, 0.2) is 0 Å². The van der Waals surface area contributed by atoms with Gasteiger partial charge in [0.05, 0.1) is 5.69 Å². The topological polar surface area (TPSA) is 25.2 Å². The quantitative estimate of drug-likeness (QED) is 0.804. The molecule has 14 heavy (non-hydrogen) atoms. The second-order valence-corrected chi connectivity index (χ2v) is 4.71. The molecule has 0 aliphatic heterocycles. The standard InChI is InChI=1S/C11H13NOS/c1-8-5-6-10(14-8)11(13)9-4-3-7-12(9)2/h3-7,11,13H,1-2H3. The third kappa shape index (κ3) is 1.61. The maximum absolute atomic E-state index is 10.1. The number of aromatic nitrogens is 1. The van der Waals surface area contributed by atoms with E-state index in [1.54, 1.807) is 11.3 Å². The maximum atomic E-state index is 10.1. The van der Waals surface area contributed by atoms with Crippen molar-refractivity contribution in [1.82, 2.24) is 4.57 Å². The third-order valence-electron chi connectivity index (χ3n) is 2.29. The summed E-state index contributed by atoms with van der Waals surface area (Å²) >= 11 is 1.64. The van der Waals surface area contributed by atoms with E-state index in [-0.39, 0.29) is 0 Å². The second kappa shape index (κ2) is 3.59. The Morgan fingerprint density at radius 1 is 1.36 bits per heavy atom. The lowest BCUT2D eigenvalue weighted by molar-refractivity contribution is 0.215. The first kappa shape index (κ1) is 9.49. The molecule has 0 aliphatic rings. The summed E-state index contributed by atoms with van der Waals surface area (Å²) in [5.74, 6) is 0. The normalized spacial score (nSPS) is 13.1.